The molecule has 0 saturated carbocycles. The van der Waals surface area contributed by atoms with Crippen molar-refractivity contribution in [3.63, 3.8) is 0 Å². The van der Waals surface area contributed by atoms with Gasteiger partial charge in [-0.2, -0.15) is 11.8 Å². The lowest BCUT2D eigenvalue weighted by molar-refractivity contribution is -0.144. The van der Waals surface area contributed by atoms with Gasteiger partial charge in [-0.05, 0) is 48.6 Å². The van der Waals surface area contributed by atoms with Crippen molar-refractivity contribution in [1.29, 1.82) is 0 Å². The average molecular weight is 1460 g/mol. The van der Waals surface area contributed by atoms with E-state index < -0.39 is 181 Å². The molecule has 0 radical (unpaired) electrons. The summed E-state index contributed by atoms with van der Waals surface area (Å²) in [6, 6.07) is -3.68. The predicted octanol–water partition coefficient (Wildman–Crippen LogP) is -3.07. The molecule has 12 atom stereocenters. The monoisotopic (exact) mass is 1460 g/mol. The molecule has 0 aliphatic carbocycles. The van der Waals surface area contributed by atoms with E-state index in [0.29, 0.717) is 106 Å². The van der Waals surface area contributed by atoms with E-state index in [9.17, 15) is 68.1 Å². The highest BCUT2D eigenvalue weighted by atomic mass is 32.2. The van der Waals surface area contributed by atoms with E-state index in [4.69, 9.17) is 35.2 Å². The van der Waals surface area contributed by atoms with Gasteiger partial charge in [0.1, 0.15) is 28.9 Å². The molecule has 33 nitrogen and oxygen atoms in total. The first-order chi connectivity index (χ1) is 48.3. The van der Waals surface area contributed by atoms with Crippen LogP contribution in [0, 0.1) is 29.6 Å². The highest BCUT2D eigenvalue weighted by molar-refractivity contribution is 7.98. The summed E-state index contributed by atoms with van der Waals surface area (Å²) >= 11 is 1.50. The molecular weight excluding hydrogens is 1360 g/mol. The SMILES string of the molecule is CC[C@H](C)[C@@H]1CC(=O)CNC(=O)[C@H]2CC(=O)[C@H]([C@@H](C)[C@@H](O)CO)NC(=O)[C@@H]3C[C@@H](O)CN3C(=O)[C@H](CC(N)=O)NC(=O)[C@H](CS(=O)c3[nH]c4c(CSCCCCNC(=O)CCOCCOCCOCCOCCN/C=C(\N)CN5C(=O)CC(C)C5=O)c(OC)ccc4c3C2)NC(=O)CNC1=O. The van der Waals surface area contributed by atoms with Crippen molar-refractivity contribution in [2.75, 3.05) is 117 Å². The van der Waals surface area contributed by atoms with Crippen molar-refractivity contribution < 1.29 is 101 Å². The number of fused-ring (bicyclic) bond motifs is 5. The standard InChI is InChI=1S/C66H100N12O21S2/c1-6-37(2)45-26-42(80)30-71-60(88)40-24-46-44-9-10-53(95-5)47(35-100-22-8-7-12-70-55(85)11-14-96-16-18-98-20-21-99-19-17-97-15-13-69-29-41(67)32-78-57(87)23-38(3)65(78)92)59(44)76-64(46)101(94)36-49(73-56(86)31-72-61(45)89)62(90)74-48(28-54(68)84)66(93)77-33-43(81)27-50(77)63(91)75-58(51(82)25-40)39(4)52(83)34-79/h9-10,29,37-40,43,45,48-50,52,58,69,76,79,81,83H,6-8,11-28,30-36,67H2,1-5H3,(H2,68,84)(H,70,85)(H,71,88)(H,72,89)(H,73,86)(H,74,90)(H,75,91)/b41-29-/t37-,38?,39-,40+,43+,45-,48-,49-,50-,52-,58-,101?/m0/s1. The maximum Gasteiger partial charge on any atom is 0.246 e. The fourth-order valence-electron chi connectivity index (χ4n) is 12.0. The van der Waals surface area contributed by atoms with Gasteiger partial charge in [0.05, 0.1) is 133 Å². The van der Waals surface area contributed by atoms with Crippen LogP contribution in [0.5, 0.6) is 5.75 Å². The Kier molecular flexibility index (Phi) is 33.8. The van der Waals surface area contributed by atoms with E-state index >= 15 is 9.00 Å². The Morgan fingerprint density at radius 2 is 1.50 bits per heavy atom. The number of aromatic amines is 1. The van der Waals surface area contributed by atoms with E-state index in [-0.39, 0.29) is 79.0 Å². The molecular formula is C66H100N12O21S2. The molecule has 1 aromatic heterocycles. The van der Waals surface area contributed by atoms with Crippen molar-refractivity contribution in [2.24, 2.45) is 41.1 Å². The Morgan fingerprint density at radius 3 is 2.16 bits per heavy atom. The zero-order valence-corrected chi connectivity index (χ0v) is 59.6. The average Bonchev–Trinajstić information content (AvgIpc) is 1.63. The lowest BCUT2D eigenvalue weighted by atomic mass is 9.85. The van der Waals surface area contributed by atoms with Gasteiger partial charge in [-0.1, -0.05) is 34.1 Å². The number of carbonyl (C=O) groups excluding carboxylic acids is 12. The number of hydrogen-bond acceptors (Lipinski definition) is 24. The quantitative estimate of drug-likeness (QED) is 0.0249. The number of rotatable bonds is 33. The number of amides is 10. The van der Waals surface area contributed by atoms with E-state index in [0.717, 1.165) is 9.80 Å². The molecule has 5 heterocycles. The Hall–Kier alpha value is -7.64. The number of nitrogens with one attached hydrogen (secondary N) is 8. The van der Waals surface area contributed by atoms with Gasteiger partial charge in [0.25, 0.3) is 0 Å². The van der Waals surface area contributed by atoms with Crippen LogP contribution in [0.25, 0.3) is 10.9 Å². The first-order valence-corrected chi connectivity index (χ1v) is 36.6. The molecule has 2 bridgehead atoms. The largest absolute Gasteiger partial charge is 0.496 e. The minimum absolute atomic E-state index is 0.0416. The van der Waals surface area contributed by atoms with Crippen LogP contribution in [0.15, 0.2) is 29.1 Å². The Bertz CT molecular complexity index is 3300. The first-order valence-electron chi connectivity index (χ1n) is 34.1. The zero-order valence-electron chi connectivity index (χ0n) is 57.9. The Morgan fingerprint density at radius 1 is 0.822 bits per heavy atom. The molecule has 2 saturated heterocycles. The number of unbranched alkanes of at least 4 members (excludes halogenated alkanes) is 1. The van der Waals surface area contributed by atoms with Gasteiger partial charge in [0.2, 0.25) is 59.1 Å². The lowest BCUT2D eigenvalue weighted by Crippen LogP contribution is -2.60. The molecule has 35 heteroatoms. The number of imide groups is 1. The first kappa shape index (κ1) is 82.3. The van der Waals surface area contributed by atoms with Crippen LogP contribution in [0.4, 0.5) is 0 Å². The Balaban J connectivity index is 1.12. The van der Waals surface area contributed by atoms with Crippen LogP contribution in [0.3, 0.4) is 0 Å². The summed E-state index contributed by atoms with van der Waals surface area (Å²) in [6.45, 7) is 7.20. The number of thioether (sulfide) groups is 1. The van der Waals surface area contributed by atoms with Crippen LogP contribution in [-0.4, -0.2) is 259 Å². The topological polar surface area (TPSA) is 487 Å². The van der Waals surface area contributed by atoms with E-state index in [2.05, 4.69) is 42.2 Å². The third-order valence-corrected chi connectivity index (χ3v) is 20.5. The van der Waals surface area contributed by atoms with Crippen LogP contribution >= 0.6 is 11.8 Å². The van der Waals surface area contributed by atoms with Crippen LogP contribution in [0.2, 0.25) is 0 Å². The second-order valence-corrected chi connectivity index (χ2v) is 28.1. The van der Waals surface area contributed by atoms with E-state index in [1.807, 2.05) is 0 Å². The Labute approximate surface area is 592 Å². The number of benzene rings is 1. The molecule has 6 rings (SSSR count). The number of methoxy groups -OCH3 is 1. The normalized spacial score (nSPS) is 24.2. The minimum Gasteiger partial charge on any atom is -0.496 e. The number of H-pyrrole nitrogens is 1. The fraction of sp³-hybridized carbons (Fsp3) is 0.667. The zero-order chi connectivity index (χ0) is 73.9. The van der Waals surface area contributed by atoms with Gasteiger partial charge in [-0.25, -0.2) is 0 Å². The van der Waals surface area contributed by atoms with Crippen molar-refractivity contribution in [1.82, 2.24) is 52.0 Å². The van der Waals surface area contributed by atoms with Gasteiger partial charge in [-0.3, -0.25) is 66.6 Å². The number of Topliss-reactive ketones (excluding diaryl/α,β-unsaturated/α-hetero) is 2. The summed E-state index contributed by atoms with van der Waals surface area (Å²) in [5.41, 5.74) is 13.0. The third-order valence-electron chi connectivity index (χ3n) is 18.0. The maximum atomic E-state index is 15.4. The van der Waals surface area contributed by atoms with E-state index in [1.54, 1.807) is 39.1 Å². The molecule has 2 aromatic rings. The second-order valence-electron chi connectivity index (χ2n) is 25.6. The number of aliphatic hydroxyl groups excluding tert-OH is 3. The number of nitrogens with two attached hydrogens (primary N) is 2. The van der Waals surface area contributed by atoms with Gasteiger partial charge < -0.3 is 97.6 Å². The van der Waals surface area contributed by atoms with Crippen molar-refractivity contribution in [3.8, 4) is 5.75 Å². The molecule has 15 N–H and O–H groups in total. The van der Waals surface area contributed by atoms with Gasteiger partial charge in [0.15, 0.2) is 11.6 Å². The summed E-state index contributed by atoms with van der Waals surface area (Å²) in [5, 5.41) is 50.9. The number of carbonyl (C=O) groups is 12. The number of likely N-dealkylation sites (tertiary alicyclic amines) is 1. The van der Waals surface area contributed by atoms with Crippen LogP contribution < -0.4 is 53.4 Å². The van der Waals surface area contributed by atoms with Crippen molar-refractivity contribution in [3.05, 3.63) is 35.2 Å². The van der Waals surface area contributed by atoms with Crippen molar-refractivity contribution >= 4 is 104 Å². The summed E-state index contributed by atoms with van der Waals surface area (Å²) < 4.78 is 43.4. The summed E-state index contributed by atoms with van der Waals surface area (Å²) in [4.78, 5) is 170. The summed E-state index contributed by atoms with van der Waals surface area (Å²) in [6.07, 6.45) is -2.26. The van der Waals surface area contributed by atoms with Crippen LogP contribution in [0.1, 0.15) is 96.6 Å². The predicted molar refractivity (Wildman–Crippen MR) is 367 cm³/mol. The second kappa shape index (κ2) is 41.5. The van der Waals surface area contributed by atoms with E-state index in [1.165, 1.54) is 25.8 Å². The molecule has 4 aliphatic heterocycles. The van der Waals surface area contributed by atoms with Crippen molar-refractivity contribution in [2.45, 2.75) is 139 Å². The molecule has 1 aromatic carbocycles. The smallest absolute Gasteiger partial charge is 0.246 e. The summed E-state index contributed by atoms with van der Waals surface area (Å²) in [5.74, 6) is -13.1. The van der Waals surface area contributed by atoms with Gasteiger partial charge in [0, 0.05) is 104 Å². The number of primary amides is 1. The summed E-state index contributed by atoms with van der Waals surface area (Å²) in [7, 11) is -0.970. The molecule has 2 unspecified atom stereocenters. The van der Waals surface area contributed by atoms with Gasteiger partial charge in [-0.15, -0.1) is 0 Å². The number of nitrogens with zero attached hydrogens (tertiary/aromatic N) is 2. The highest BCUT2D eigenvalue weighted by Gasteiger charge is 2.45. The number of ether oxygens (including phenoxy) is 5. The van der Waals surface area contributed by atoms with Crippen LogP contribution in [-0.2, 0) is 99.5 Å². The molecule has 101 heavy (non-hydrogen) atoms. The third kappa shape index (κ3) is 24.8. The molecule has 10 amide bonds. The lowest BCUT2D eigenvalue weighted by Gasteiger charge is -2.32. The number of aliphatic hydroxyl groups is 3. The number of aromatic nitrogens is 1. The molecule has 0 spiro atoms. The minimum atomic E-state index is -2.42. The molecule has 4 aliphatic rings. The number of ketones is 2. The maximum absolute atomic E-state index is 15.4. The molecule has 562 valence electrons. The fourth-order valence-corrected chi connectivity index (χ4v) is 14.5. The highest BCUT2D eigenvalue weighted by Crippen LogP contribution is 2.37. The number of hydrogen-bond donors (Lipinski definition) is 13. The van der Waals surface area contributed by atoms with Gasteiger partial charge >= 0.3 is 0 Å². The molecule has 2 fully saturated rings.